The van der Waals surface area contributed by atoms with Crippen LogP contribution in [0.1, 0.15) is 36.1 Å². The lowest BCUT2D eigenvalue weighted by Crippen LogP contribution is -2.19. The Hall–Kier alpha value is -3.64. The van der Waals surface area contributed by atoms with Crippen molar-refractivity contribution in [3.63, 3.8) is 0 Å². The molecule has 162 valence electrons. The molecule has 0 saturated carbocycles. The highest BCUT2D eigenvalue weighted by Gasteiger charge is 2.18. The molecule has 1 aromatic carbocycles. The predicted molar refractivity (Wildman–Crippen MR) is 107 cm³/mol. The van der Waals surface area contributed by atoms with Crippen molar-refractivity contribution in [1.82, 2.24) is 20.3 Å². The van der Waals surface area contributed by atoms with Crippen LogP contribution in [-0.2, 0) is 9.53 Å². The van der Waals surface area contributed by atoms with Gasteiger partial charge in [-0.05, 0) is 24.2 Å². The van der Waals surface area contributed by atoms with Crippen LogP contribution in [0.5, 0.6) is 11.6 Å². The summed E-state index contributed by atoms with van der Waals surface area (Å²) >= 11 is 12.4. The van der Waals surface area contributed by atoms with Gasteiger partial charge in [0.2, 0.25) is 11.7 Å². The molecule has 0 bridgehead atoms. The number of esters is 1. The van der Waals surface area contributed by atoms with Gasteiger partial charge in [-0.1, -0.05) is 23.2 Å². The van der Waals surface area contributed by atoms with Crippen molar-refractivity contribution in [2.75, 3.05) is 5.32 Å². The molecule has 14 heteroatoms. The van der Waals surface area contributed by atoms with Crippen LogP contribution in [0, 0.1) is 0 Å². The number of aromatic nitrogens is 4. The van der Waals surface area contributed by atoms with Gasteiger partial charge < -0.3 is 14.8 Å². The zero-order valence-electron chi connectivity index (χ0n) is 15.8. The number of hydrogen-bond donors (Lipinski definition) is 3. The Balaban J connectivity index is 1.82. The number of carbonyl (C=O) groups excluding carboxylic acids is 2. The van der Waals surface area contributed by atoms with Gasteiger partial charge in [0.05, 0.1) is 15.6 Å². The van der Waals surface area contributed by atoms with Crippen molar-refractivity contribution < 1.29 is 23.6 Å². The predicted octanol–water partition coefficient (Wildman–Crippen LogP) is 2.42. The molecular weight excluding hydrogens is 457 g/mol. The Labute approximate surface area is 182 Å². The molecule has 0 spiro atoms. The molecule has 2 aromatic heterocycles. The Morgan fingerprint density at radius 2 is 1.87 bits per heavy atom. The highest BCUT2D eigenvalue weighted by Crippen LogP contribution is 2.38. The molecule has 0 radical (unpaired) electrons. The zero-order valence-corrected chi connectivity index (χ0v) is 17.3. The molecule has 31 heavy (non-hydrogen) atoms. The minimum absolute atomic E-state index is 0.000897. The second-order valence-corrected chi connectivity index (χ2v) is 6.83. The molecule has 1 unspecified atom stereocenters. The minimum Gasteiger partial charge on any atom is -0.458 e. The molecule has 3 N–H and O–H groups in total. The van der Waals surface area contributed by atoms with E-state index in [1.54, 1.807) is 0 Å². The van der Waals surface area contributed by atoms with Crippen LogP contribution in [0.15, 0.2) is 32.3 Å². The molecule has 0 saturated heterocycles. The first-order valence-corrected chi connectivity index (χ1v) is 9.20. The number of anilines is 1. The maximum Gasteiger partial charge on any atom is 0.439 e. The molecule has 1 amide bonds. The van der Waals surface area contributed by atoms with E-state index in [9.17, 15) is 19.2 Å². The Kier molecular flexibility index (Phi) is 6.42. The van der Waals surface area contributed by atoms with Crippen molar-refractivity contribution in [2.24, 2.45) is 0 Å². The van der Waals surface area contributed by atoms with E-state index in [1.807, 2.05) is 0 Å². The number of nitrogens with one attached hydrogen (secondary N) is 3. The summed E-state index contributed by atoms with van der Waals surface area (Å²) in [5.41, 5.74) is -0.296. The van der Waals surface area contributed by atoms with E-state index in [0.29, 0.717) is 0 Å². The van der Waals surface area contributed by atoms with Crippen LogP contribution >= 0.6 is 23.2 Å². The number of amides is 1. The Morgan fingerprint density at radius 3 is 2.45 bits per heavy atom. The maximum atomic E-state index is 12.0. The van der Waals surface area contributed by atoms with Gasteiger partial charge in [-0.25, -0.2) is 9.89 Å². The second kappa shape index (κ2) is 9.02. The number of nitrogens with zero attached hydrogens (tertiary/aromatic N) is 2. The number of H-pyrrole nitrogens is 2. The quantitative estimate of drug-likeness (QED) is 0.458. The normalized spacial score (nSPS) is 11.6. The molecule has 0 aliphatic rings. The molecule has 2 heterocycles. The molecule has 3 rings (SSSR count). The first-order chi connectivity index (χ1) is 14.6. The van der Waals surface area contributed by atoms with Crippen molar-refractivity contribution in [1.29, 1.82) is 0 Å². The van der Waals surface area contributed by atoms with Gasteiger partial charge in [-0.3, -0.25) is 23.9 Å². The third-order valence-corrected chi connectivity index (χ3v) is 4.27. The number of carbonyl (C=O) groups is 2. The van der Waals surface area contributed by atoms with Crippen LogP contribution in [0.3, 0.4) is 0 Å². The van der Waals surface area contributed by atoms with Gasteiger partial charge in [0.1, 0.15) is 6.10 Å². The molecule has 0 aliphatic carbocycles. The van der Waals surface area contributed by atoms with E-state index >= 15 is 0 Å². The van der Waals surface area contributed by atoms with Gasteiger partial charge in [0.15, 0.2) is 5.75 Å². The molecule has 0 aliphatic heterocycles. The Morgan fingerprint density at radius 1 is 1.19 bits per heavy atom. The fraction of sp³-hybridized carbons (Fsp3) is 0.176. The number of halogens is 2. The lowest BCUT2D eigenvalue weighted by atomic mass is 10.2. The van der Waals surface area contributed by atoms with E-state index in [2.05, 4.69) is 30.2 Å². The molecule has 0 fully saturated rings. The monoisotopic (exact) mass is 469 g/mol. The second-order valence-electron chi connectivity index (χ2n) is 6.01. The smallest absolute Gasteiger partial charge is 0.439 e. The van der Waals surface area contributed by atoms with Gasteiger partial charge in [-0.15, -0.1) is 5.10 Å². The van der Waals surface area contributed by atoms with Gasteiger partial charge in [-0.2, -0.15) is 0 Å². The lowest BCUT2D eigenvalue weighted by molar-refractivity contribution is -0.145. The third kappa shape index (κ3) is 5.29. The maximum absolute atomic E-state index is 12.0. The standard InChI is InChI=1S/C17H13Cl2N5O7/c1-6(29-7(2)25)9-5-12(22-23-15(9)26)30-13-10(18)3-8(4-11(13)19)20-16(27)14-21-17(28)31-24-14/h3-6H,1-2H3,(H,20,27)(H,23,26)(H,21,24,28). The summed E-state index contributed by atoms with van der Waals surface area (Å²) in [6.07, 6.45) is -0.849. The number of ether oxygens (including phenoxy) is 2. The van der Waals surface area contributed by atoms with Gasteiger partial charge in [0, 0.05) is 18.7 Å². The number of rotatable bonds is 6. The van der Waals surface area contributed by atoms with Crippen molar-refractivity contribution in [3.8, 4) is 11.6 Å². The highest BCUT2D eigenvalue weighted by molar-refractivity contribution is 6.37. The van der Waals surface area contributed by atoms with Crippen LogP contribution in [0.4, 0.5) is 5.69 Å². The van der Waals surface area contributed by atoms with Crippen LogP contribution in [0.2, 0.25) is 10.0 Å². The summed E-state index contributed by atoms with van der Waals surface area (Å²) in [7, 11) is 0. The van der Waals surface area contributed by atoms with E-state index in [4.69, 9.17) is 32.7 Å². The third-order valence-electron chi connectivity index (χ3n) is 3.71. The molecule has 3 aromatic rings. The fourth-order valence-corrected chi connectivity index (χ4v) is 2.98. The molecule has 12 nitrogen and oxygen atoms in total. The Bertz CT molecular complexity index is 1240. The van der Waals surface area contributed by atoms with Crippen LogP contribution < -0.4 is 21.4 Å². The first-order valence-electron chi connectivity index (χ1n) is 8.45. The van der Waals surface area contributed by atoms with E-state index in [0.717, 1.165) is 0 Å². The largest absolute Gasteiger partial charge is 0.458 e. The van der Waals surface area contributed by atoms with Gasteiger partial charge in [0.25, 0.3) is 11.5 Å². The molecular formula is C17H13Cl2N5O7. The summed E-state index contributed by atoms with van der Waals surface area (Å²) < 4.78 is 14.8. The number of benzene rings is 1. The SMILES string of the molecule is CC(=O)OC(C)c1cc(Oc2c(Cl)cc(NC(=O)c3noc(=O)[nH]3)cc2Cl)n[nH]c1=O. The lowest BCUT2D eigenvalue weighted by Gasteiger charge is -2.14. The summed E-state index contributed by atoms with van der Waals surface area (Å²) in [6, 6.07) is 3.93. The highest BCUT2D eigenvalue weighted by atomic mass is 35.5. The average Bonchev–Trinajstić information content (AvgIpc) is 3.12. The van der Waals surface area contributed by atoms with E-state index in [-0.39, 0.29) is 38.8 Å². The van der Waals surface area contributed by atoms with Crippen molar-refractivity contribution in [2.45, 2.75) is 20.0 Å². The van der Waals surface area contributed by atoms with Gasteiger partial charge >= 0.3 is 11.7 Å². The van der Waals surface area contributed by atoms with E-state index < -0.39 is 29.3 Å². The fourth-order valence-electron chi connectivity index (χ4n) is 2.42. The van der Waals surface area contributed by atoms with Crippen LogP contribution in [-0.4, -0.2) is 32.2 Å². The topological polar surface area (TPSA) is 169 Å². The zero-order chi connectivity index (χ0) is 22.7. The van der Waals surface area contributed by atoms with Crippen molar-refractivity contribution >= 4 is 40.8 Å². The number of aromatic amines is 2. The first kappa shape index (κ1) is 22.1. The summed E-state index contributed by atoms with van der Waals surface area (Å²) in [4.78, 5) is 48.2. The summed E-state index contributed by atoms with van der Waals surface area (Å²) in [5.74, 6) is -2.65. The van der Waals surface area contributed by atoms with Crippen molar-refractivity contribution in [3.05, 3.63) is 60.5 Å². The molecule has 1 atom stereocenters. The number of hydrogen-bond acceptors (Lipinski definition) is 9. The average molecular weight is 470 g/mol. The summed E-state index contributed by atoms with van der Waals surface area (Å²) in [5, 5.41) is 11.7. The minimum atomic E-state index is -0.888. The van der Waals surface area contributed by atoms with Crippen LogP contribution in [0.25, 0.3) is 0 Å². The van der Waals surface area contributed by atoms with E-state index in [1.165, 1.54) is 32.0 Å². The summed E-state index contributed by atoms with van der Waals surface area (Å²) in [6.45, 7) is 2.72.